The average molecular weight is 399 g/mol. The molecule has 0 radical (unpaired) electrons. The summed E-state index contributed by atoms with van der Waals surface area (Å²) in [4.78, 5) is 10.5. The first-order chi connectivity index (χ1) is 13.6. The van der Waals surface area contributed by atoms with Gasteiger partial charge in [-0.3, -0.25) is 19.6 Å². The zero-order chi connectivity index (χ0) is 19.8. The van der Waals surface area contributed by atoms with Crippen molar-refractivity contribution in [2.45, 2.75) is 38.9 Å². The van der Waals surface area contributed by atoms with Gasteiger partial charge >= 0.3 is 0 Å². The second-order valence-electron chi connectivity index (χ2n) is 8.71. The Kier molecular flexibility index (Phi) is 9.43. The number of ether oxygens (including phenoxy) is 3. The Bertz CT molecular complexity index is 362. The molecule has 3 aliphatic heterocycles. The van der Waals surface area contributed by atoms with Gasteiger partial charge in [-0.2, -0.15) is 0 Å². The van der Waals surface area contributed by atoms with Crippen molar-refractivity contribution in [3.8, 4) is 0 Å². The van der Waals surface area contributed by atoms with Gasteiger partial charge in [-0.1, -0.05) is 0 Å². The summed E-state index contributed by atoms with van der Waals surface area (Å²) in [6.45, 7) is 22.2. The Morgan fingerprint density at radius 2 is 0.786 bits per heavy atom. The van der Waals surface area contributed by atoms with Crippen molar-refractivity contribution in [3.63, 3.8) is 0 Å². The maximum Gasteiger partial charge on any atom is 0.0594 e. The fraction of sp³-hybridized carbons (Fsp3) is 1.00. The molecule has 3 saturated heterocycles. The SMILES string of the molecule is CC(CN(CC(C)N1CCOCC1)CC(C)N1CCOCC1)N1CCOCC1. The number of hydrogen-bond acceptors (Lipinski definition) is 7. The van der Waals surface area contributed by atoms with Gasteiger partial charge in [0.05, 0.1) is 39.6 Å². The Hall–Kier alpha value is -0.280. The van der Waals surface area contributed by atoms with Crippen molar-refractivity contribution in [1.82, 2.24) is 19.6 Å². The van der Waals surface area contributed by atoms with E-state index in [2.05, 4.69) is 40.4 Å². The molecule has 0 bridgehead atoms. The molecule has 0 spiro atoms. The quantitative estimate of drug-likeness (QED) is 0.559. The molecule has 7 nitrogen and oxygen atoms in total. The Morgan fingerprint density at radius 1 is 0.536 bits per heavy atom. The molecule has 3 heterocycles. The summed E-state index contributed by atoms with van der Waals surface area (Å²) in [5.41, 5.74) is 0. The van der Waals surface area contributed by atoms with Gasteiger partial charge < -0.3 is 14.2 Å². The molecule has 3 atom stereocenters. The summed E-state index contributed by atoms with van der Waals surface area (Å²) in [6.07, 6.45) is 0. The van der Waals surface area contributed by atoms with E-state index in [0.717, 1.165) is 98.5 Å². The Labute approximate surface area is 171 Å². The van der Waals surface area contributed by atoms with Gasteiger partial charge in [-0.25, -0.2) is 0 Å². The number of rotatable bonds is 9. The number of nitrogens with zero attached hydrogens (tertiary/aromatic N) is 4. The molecule has 164 valence electrons. The maximum atomic E-state index is 5.55. The summed E-state index contributed by atoms with van der Waals surface area (Å²) < 4.78 is 16.7. The van der Waals surface area contributed by atoms with Crippen molar-refractivity contribution < 1.29 is 14.2 Å². The first-order valence-electron chi connectivity index (χ1n) is 11.3. The first-order valence-corrected chi connectivity index (χ1v) is 11.3. The summed E-state index contributed by atoms with van der Waals surface area (Å²) in [6, 6.07) is 1.70. The largest absolute Gasteiger partial charge is 0.379 e. The van der Waals surface area contributed by atoms with Gasteiger partial charge in [0, 0.05) is 77.0 Å². The maximum absolute atomic E-state index is 5.55. The molecule has 3 fully saturated rings. The second kappa shape index (κ2) is 11.8. The van der Waals surface area contributed by atoms with E-state index in [1.54, 1.807) is 0 Å². The highest BCUT2D eigenvalue weighted by Crippen LogP contribution is 2.12. The van der Waals surface area contributed by atoms with Crippen LogP contribution in [-0.2, 0) is 14.2 Å². The second-order valence-corrected chi connectivity index (χ2v) is 8.71. The van der Waals surface area contributed by atoms with Gasteiger partial charge in [-0.15, -0.1) is 0 Å². The first kappa shape index (κ1) is 22.4. The van der Waals surface area contributed by atoms with Gasteiger partial charge in [0.25, 0.3) is 0 Å². The number of hydrogen-bond donors (Lipinski definition) is 0. The highest BCUT2D eigenvalue weighted by molar-refractivity contribution is 4.82. The van der Waals surface area contributed by atoms with E-state index >= 15 is 0 Å². The van der Waals surface area contributed by atoms with E-state index in [9.17, 15) is 0 Å². The lowest BCUT2D eigenvalue weighted by atomic mass is 10.1. The molecular weight excluding hydrogens is 356 g/mol. The third-order valence-corrected chi connectivity index (χ3v) is 6.57. The van der Waals surface area contributed by atoms with E-state index in [1.807, 2.05) is 0 Å². The standard InChI is InChI=1S/C21H42N4O3/c1-19(23-4-10-26-11-5-23)16-22(17-20(2)24-6-12-27-13-7-24)18-21(3)25-8-14-28-15-9-25/h19-21H,4-18H2,1-3H3. The van der Waals surface area contributed by atoms with E-state index in [1.165, 1.54) is 0 Å². The van der Waals surface area contributed by atoms with Crippen LogP contribution in [0.5, 0.6) is 0 Å². The van der Waals surface area contributed by atoms with Gasteiger partial charge in [-0.05, 0) is 20.8 Å². The number of morpholine rings is 3. The van der Waals surface area contributed by atoms with E-state index in [4.69, 9.17) is 14.2 Å². The van der Waals surface area contributed by atoms with Gasteiger partial charge in [0.15, 0.2) is 0 Å². The molecule has 0 aromatic heterocycles. The molecule has 28 heavy (non-hydrogen) atoms. The smallest absolute Gasteiger partial charge is 0.0594 e. The topological polar surface area (TPSA) is 40.7 Å². The van der Waals surface area contributed by atoms with Crippen molar-refractivity contribution in [1.29, 1.82) is 0 Å². The molecule has 0 N–H and O–H groups in total. The molecule has 0 saturated carbocycles. The van der Waals surface area contributed by atoms with Crippen LogP contribution >= 0.6 is 0 Å². The predicted octanol–water partition coefficient (Wildman–Crippen LogP) is 0.451. The lowest BCUT2D eigenvalue weighted by Gasteiger charge is -2.41. The van der Waals surface area contributed by atoms with Crippen LogP contribution in [-0.4, -0.2) is 136 Å². The van der Waals surface area contributed by atoms with E-state index in [0.29, 0.717) is 18.1 Å². The molecule has 3 rings (SSSR count). The van der Waals surface area contributed by atoms with E-state index in [-0.39, 0.29) is 0 Å². The van der Waals surface area contributed by atoms with Crippen LogP contribution in [0.1, 0.15) is 20.8 Å². The monoisotopic (exact) mass is 398 g/mol. The zero-order valence-corrected chi connectivity index (χ0v) is 18.4. The molecule has 3 unspecified atom stereocenters. The molecule has 3 aliphatic rings. The Balaban J connectivity index is 1.56. The van der Waals surface area contributed by atoms with Crippen LogP contribution in [0.2, 0.25) is 0 Å². The summed E-state index contributed by atoms with van der Waals surface area (Å²) in [5.74, 6) is 0. The highest BCUT2D eigenvalue weighted by Gasteiger charge is 2.26. The summed E-state index contributed by atoms with van der Waals surface area (Å²) in [5, 5.41) is 0. The van der Waals surface area contributed by atoms with Crippen LogP contribution in [0.3, 0.4) is 0 Å². The van der Waals surface area contributed by atoms with Crippen LogP contribution in [0.4, 0.5) is 0 Å². The van der Waals surface area contributed by atoms with E-state index < -0.39 is 0 Å². The zero-order valence-electron chi connectivity index (χ0n) is 18.4. The van der Waals surface area contributed by atoms with Crippen molar-refractivity contribution in [3.05, 3.63) is 0 Å². The fourth-order valence-corrected chi connectivity index (χ4v) is 4.75. The molecular formula is C21H42N4O3. The summed E-state index contributed by atoms with van der Waals surface area (Å²) in [7, 11) is 0. The average Bonchev–Trinajstić information content (AvgIpc) is 2.75. The third-order valence-electron chi connectivity index (χ3n) is 6.57. The molecule has 0 aromatic carbocycles. The van der Waals surface area contributed by atoms with Crippen molar-refractivity contribution in [2.75, 3.05) is 98.5 Å². The molecule has 7 heteroatoms. The van der Waals surface area contributed by atoms with Crippen LogP contribution in [0, 0.1) is 0 Å². The van der Waals surface area contributed by atoms with Gasteiger partial charge in [0.1, 0.15) is 0 Å². The minimum Gasteiger partial charge on any atom is -0.379 e. The summed E-state index contributed by atoms with van der Waals surface area (Å²) >= 11 is 0. The lowest BCUT2D eigenvalue weighted by molar-refractivity contribution is -0.0115. The van der Waals surface area contributed by atoms with Crippen LogP contribution in [0.25, 0.3) is 0 Å². The third kappa shape index (κ3) is 6.90. The fourth-order valence-electron chi connectivity index (χ4n) is 4.75. The minimum absolute atomic E-state index is 0.567. The normalized spacial score (nSPS) is 27.0. The molecule has 0 aromatic rings. The van der Waals surface area contributed by atoms with Crippen molar-refractivity contribution >= 4 is 0 Å². The van der Waals surface area contributed by atoms with Gasteiger partial charge in [0.2, 0.25) is 0 Å². The lowest BCUT2D eigenvalue weighted by Crippen LogP contribution is -2.54. The van der Waals surface area contributed by atoms with Crippen LogP contribution in [0.15, 0.2) is 0 Å². The highest BCUT2D eigenvalue weighted by atomic mass is 16.5. The minimum atomic E-state index is 0.567. The Morgan fingerprint density at radius 3 is 1.04 bits per heavy atom. The van der Waals surface area contributed by atoms with Crippen LogP contribution < -0.4 is 0 Å². The molecule has 0 amide bonds. The van der Waals surface area contributed by atoms with Crippen molar-refractivity contribution in [2.24, 2.45) is 0 Å². The predicted molar refractivity (Wildman–Crippen MR) is 112 cm³/mol. The molecule has 0 aliphatic carbocycles.